The van der Waals surface area contributed by atoms with Crippen LogP contribution in [0.25, 0.3) is 0 Å². The van der Waals surface area contributed by atoms with Crippen molar-refractivity contribution in [3.63, 3.8) is 0 Å². The minimum atomic E-state index is -4.36. The number of carbonyl (C=O) groups is 2. The van der Waals surface area contributed by atoms with Crippen LogP contribution in [0.15, 0.2) is 95.9 Å². The predicted octanol–water partition coefficient (Wildman–Crippen LogP) is 8.50. The van der Waals surface area contributed by atoms with Gasteiger partial charge in [-0.1, -0.05) is 113 Å². The van der Waals surface area contributed by atoms with E-state index in [0.717, 1.165) is 41.1 Å². The molecule has 0 spiro atoms. The number of rotatable bonds is 12. The zero-order valence-corrected chi connectivity index (χ0v) is 30.1. The molecule has 2 amide bonds. The topological polar surface area (TPSA) is 86.8 Å². The summed E-state index contributed by atoms with van der Waals surface area (Å²) < 4.78 is 29.5. The molecular weight excluding hydrogens is 712 g/mol. The van der Waals surface area contributed by atoms with Crippen LogP contribution in [0.1, 0.15) is 42.4 Å². The maximum absolute atomic E-state index is 14.7. The number of hydrogen-bond acceptors (Lipinski definition) is 4. The van der Waals surface area contributed by atoms with Crippen molar-refractivity contribution in [2.24, 2.45) is 0 Å². The number of sulfonamides is 1. The van der Waals surface area contributed by atoms with Gasteiger partial charge in [0.1, 0.15) is 12.6 Å². The van der Waals surface area contributed by atoms with Crippen LogP contribution in [0.2, 0.25) is 20.1 Å². The number of nitrogens with zero attached hydrogens (tertiary/aromatic N) is 2. The molecule has 252 valence electrons. The number of amides is 2. The maximum atomic E-state index is 14.7. The summed E-state index contributed by atoms with van der Waals surface area (Å²) in [5.74, 6) is -1.02. The van der Waals surface area contributed by atoms with Gasteiger partial charge < -0.3 is 10.2 Å². The fraction of sp³-hybridized carbons (Fsp3) is 0.278. The van der Waals surface area contributed by atoms with Crippen molar-refractivity contribution in [2.45, 2.75) is 62.6 Å². The molecule has 0 radical (unpaired) electrons. The third kappa shape index (κ3) is 8.65. The minimum absolute atomic E-state index is 0.0174. The maximum Gasteiger partial charge on any atom is 0.264 e. The lowest BCUT2D eigenvalue weighted by molar-refractivity contribution is -0.140. The quantitative estimate of drug-likeness (QED) is 0.158. The molecule has 48 heavy (non-hydrogen) atoms. The number of hydrogen-bond donors (Lipinski definition) is 1. The van der Waals surface area contributed by atoms with Crippen molar-refractivity contribution >= 4 is 73.9 Å². The molecule has 1 saturated carbocycles. The highest BCUT2D eigenvalue weighted by Gasteiger charge is 2.36. The summed E-state index contributed by atoms with van der Waals surface area (Å²) in [5, 5.41) is 4.05. The average molecular weight is 748 g/mol. The van der Waals surface area contributed by atoms with Gasteiger partial charge in [0.25, 0.3) is 10.0 Å². The number of benzene rings is 4. The van der Waals surface area contributed by atoms with Crippen molar-refractivity contribution in [1.82, 2.24) is 10.2 Å². The molecule has 1 aliphatic carbocycles. The normalized spacial score (nSPS) is 14.0. The van der Waals surface area contributed by atoms with Gasteiger partial charge in [-0.25, -0.2) is 8.42 Å². The molecule has 1 aliphatic rings. The highest BCUT2D eigenvalue weighted by molar-refractivity contribution is 7.92. The second-order valence-electron chi connectivity index (χ2n) is 11.8. The Bertz CT molecular complexity index is 1850. The molecule has 1 N–H and O–H groups in total. The predicted molar refractivity (Wildman–Crippen MR) is 194 cm³/mol. The lowest BCUT2D eigenvalue weighted by Gasteiger charge is -2.35. The summed E-state index contributed by atoms with van der Waals surface area (Å²) in [6.07, 6.45) is 3.83. The standard InChI is InChI=1S/C36H35Cl4N3O4S/c1-24-14-17-28(18-15-24)48(46,47)43(33-21-26(37)16-19-32(33)40)23-35(44)42(22-29-30(38)12-7-13-31(29)39)34(20-25-8-3-2-4-9-25)36(45)41-27-10-5-6-11-27/h2-4,7-9,12-19,21,27,34H,5-6,10-11,20,22-23H2,1H3,(H,41,45)/t34-/m1/s1. The molecule has 0 aliphatic heterocycles. The van der Waals surface area contributed by atoms with Crippen LogP contribution in [-0.2, 0) is 32.6 Å². The molecule has 1 fully saturated rings. The Morgan fingerprint density at radius 2 is 1.48 bits per heavy atom. The molecule has 0 unspecified atom stereocenters. The Morgan fingerprint density at radius 3 is 2.12 bits per heavy atom. The van der Waals surface area contributed by atoms with Crippen molar-refractivity contribution in [3.05, 3.63) is 128 Å². The van der Waals surface area contributed by atoms with Crippen molar-refractivity contribution in [3.8, 4) is 0 Å². The first-order chi connectivity index (χ1) is 22.9. The third-order valence-electron chi connectivity index (χ3n) is 8.43. The fourth-order valence-corrected chi connectivity index (χ4v) is 8.18. The first kappa shape index (κ1) is 36.0. The molecule has 12 heteroatoms. The van der Waals surface area contributed by atoms with E-state index in [4.69, 9.17) is 46.4 Å². The van der Waals surface area contributed by atoms with Gasteiger partial charge >= 0.3 is 0 Å². The number of nitrogens with one attached hydrogen (secondary N) is 1. The summed E-state index contributed by atoms with van der Waals surface area (Å²) in [6.45, 7) is 0.988. The fourth-order valence-electron chi connectivity index (χ4n) is 5.80. The Labute approximate surface area is 301 Å². The van der Waals surface area contributed by atoms with Crippen LogP contribution in [0, 0.1) is 6.92 Å². The largest absolute Gasteiger partial charge is 0.352 e. The molecule has 1 atom stereocenters. The van der Waals surface area contributed by atoms with Crippen LogP contribution < -0.4 is 9.62 Å². The lowest BCUT2D eigenvalue weighted by atomic mass is 10.0. The second-order valence-corrected chi connectivity index (χ2v) is 15.4. The van der Waals surface area contributed by atoms with Crippen molar-refractivity contribution in [1.29, 1.82) is 0 Å². The SMILES string of the molecule is Cc1ccc(S(=O)(=O)N(CC(=O)N(Cc2c(Cl)cccc2Cl)[C@H](Cc2ccccc2)C(=O)NC2CCCC2)c2cc(Cl)ccc2Cl)cc1. The van der Waals surface area contributed by atoms with Crippen LogP contribution in [0.3, 0.4) is 0 Å². The number of carbonyl (C=O) groups excluding carboxylic acids is 2. The molecule has 0 bridgehead atoms. The van der Waals surface area contributed by atoms with E-state index in [-0.39, 0.29) is 45.5 Å². The van der Waals surface area contributed by atoms with Crippen molar-refractivity contribution in [2.75, 3.05) is 10.8 Å². The van der Waals surface area contributed by atoms with E-state index in [0.29, 0.717) is 15.6 Å². The van der Waals surface area contributed by atoms with Crippen LogP contribution in [-0.4, -0.2) is 43.8 Å². The Balaban J connectivity index is 1.62. The third-order valence-corrected chi connectivity index (χ3v) is 11.5. The summed E-state index contributed by atoms with van der Waals surface area (Å²) >= 11 is 26.1. The summed E-state index contributed by atoms with van der Waals surface area (Å²) in [7, 11) is -4.36. The summed E-state index contributed by atoms with van der Waals surface area (Å²) in [4.78, 5) is 30.2. The van der Waals surface area contributed by atoms with Gasteiger partial charge in [0.15, 0.2) is 0 Å². The zero-order chi connectivity index (χ0) is 34.4. The molecule has 5 rings (SSSR count). The van der Waals surface area contributed by atoms with Gasteiger partial charge in [-0.15, -0.1) is 0 Å². The van der Waals surface area contributed by atoms with E-state index in [1.165, 1.54) is 35.2 Å². The average Bonchev–Trinajstić information content (AvgIpc) is 3.57. The molecule has 4 aromatic carbocycles. The van der Waals surface area contributed by atoms with E-state index >= 15 is 0 Å². The molecule has 0 aromatic heterocycles. The highest BCUT2D eigenvalue weighted by atomic mass is 35.5. The number of anilines is 1. The first-order valence-corrected chi connectivity index (χ1v) is 18.5. The zero-order valence-electron chi connectivity index (χ0n) is 26.2. The minimum Gasteiger partial charge on any atom is -0.352 e. The number of aryl methyl sites for hydroxylation is 1. The van der Waals surface area contributed by atoms with Crippen LogP contribution >= 0.6 is 46.4 Å². The van der Waals surface area contributed by atoms with Gasteiger partial charge in [-0.2, -0.15) is 0 Å². The van der Waals surface area contributed by atoms with Crippen LogP contribution in [0.5, 0.6) is 0 Å². The number of halogens is 4. The van der Waals surface area contributed by atoms with Crippen molar-refractivity contribution < 1.29 is 18.0 Å². The van der Waals surface area contributed by atoms with E-state index in [1.807, 2.05) is 37.3 Å². The van der Waals surface area contributed by atoms with E-state index in [9.17, 15) is 18.0 Å². The van der Waals surface area contributed by atoms with E-state index in [1.54, 1.807) is 30.3 Å². The van der Waals surface area contributed by atoms with Gasteiger partial charge in [0.2, 0.25) is 11.8 Å². The van der Waals surface area contributed by atoms with Crippen LogP contribution in [0.4, 0.5) is 5.69 Å². The Morgan fingerprint density at radius 1 is 0.833 bits per heavy atom. The molecule has 4 aromatic rings. The van der Waals surface area contributed by atoms with E-state index < -0.39 is 28.5 Å². The smallest absolute Gasteiger partial charge is 0.264 e. The Kier molecular flexibility index (Phi) is 12.0. The van der Waals surface area contributed by atoms with Gasteiger partial charge in [-0.3, -0.25) is 13.9 Å². The van der Waals surface area contributed by atoms with Gasteiger partial charge in [-0.05, 0) is 67.8 Å². The van der Waals surface area contributed by atoms with E-state index in [2.05, 4.69) is 5.32 Å². The summed E-state index contributed by atoms with van der Waals surface area (Å²) in [5.41, 5.74) is 2.12. The molecular formula is C36H35Cl4N3O4S. The lowest BCUT2D eigenvalue weighted by Crippen LogP contribution is -2.54. The molecule has 0 saturated heterocycles. The molecule has 7 nitrogen and oxygen atoms in total. The van der Waals surface area contributed by atoms with Gasteiger partial charge in [0.05, 0.1) is 15.6 Å². The molecule has 0 heterocycles. The first-order valence-electron chi connectivity index (χ1n) is 15.5. The monoisotopic (exact) mass is 745 g/mol. The highest BCUT2D eigenvalue weighted by Crippen LogP contribution is 2.34. The second kappa shape index (κ2) is 16.0. The summed E-state index contributed by atoms with van der Waals surface area (Å²) in [6, 6.07) is 23.9. The van der Waals surface area contributed by atoms with Gasteiger partial charge in [0, 0.05) is 39.6 Å². The Hall–Kier alpha value is -3.27.